The third-order valence-electron chi connectivity index (χ3n) is 3.96. The van der Waals surface area contributed by atoms with Gasteiger partial charge in [0.15, 0.2) is 0 Å². The molecule has 0 aromatic carbocycles. The molecule has 3 fully saturated rings. The Hall–Kier alpha value is -0.370. The lowest BCUT2D eigenvalue weighted by atomic mass is 9.57. The first-order chi connectivity index (χ1) is 5.84. The smallest absolute Gasteiger partial charge is 0.147 e. The number of ether oxygens (including phenoxy) is 1. The van der Waals surface area contributed by atoms with Crippen LogP contribution >= 0.6 is 0 Å². The Morgan fingerprint density at radius 2 is 2.08 bits per heavy atom. The lowest BCUT2D eigenvalue weighted by Gasteiger charge is -2.47. The topological polar surface area (TPSA) is 26.3 Å². The van der Waals surface area contributed by atoms with Gasteiger partial charge in [-0.3, -0.25) is 4.79 Å². The Bertz CT molecular complexity index is 228. The Morgan fingerprint density at radius 3 is 2.83 bits per heavy atom. The minimum Gasteiger partial charge on any atom is -0.376 e. The molecule has 0 bridgehead atoms. The summed E-state index contributed by atoms with van der Waals surface area (Å²) in [6.45, 7) is 0.822. The van der Waals surface area contributed by atoms with Crippen LogP contribution in [-0.4, -0.2) is 18.5 Å². The Kier molecular flexibility index (Phi) is 1.24. The van der Waals surface area contributed by atoms with Crippen molar-refractivity contribution in [3.8, 4) is 0 Å². The number of hydrogen-bond donors (Lipinski definition) is 0. The van der Waals surface area contributed by atoms with Gasteiger partial charge in [-0.05, 0) is 19.3 Å². The van der Waals surface area contributed by atoms with Crippen molar-refractivity contribution < 1.29 is 9.53 Å². The van der Waals surface area contributed by atoms with Crippen molar-refractivity contribution in [3.63, 3.8) is 0 Å². The monoisotopic (exact) mass is 166 g/mol. The summed E-state index contributed by atoms with van der Waals surface area (Å²) >= 11 is 0. The Balaban J connectivity index is 1.92. The molecule has 0 amide bonds. The van der Waals surface area contributed by atoms with Gasteiger partial charge in [0.2, 0.25) is 0 Å². The molecule has 0 aromatic rings. The minimum absolute atomic E-state index is 0.0150. The van der Waals surface area contributed by atoms with Gasteiger partial charge >= 0.3 is 0 Å². The summed E-state index contributed by atoms with van der Waals surface area (Å²) in [7, 11) is 0. The first-order valence-electron chi connectivity index (χ1n) is 5.00. The van der Waals surface area contributed by atoms with Crippen LogP contribution in [-0.2, 0) is 9.53 Å². The fourth-order valence-corrected chi connectivity index (χ4v) is 3.35. The van der Waals surface area contributed by atoms with Crippen LogP contribution in [0, 0.1) is 11.3 Å². The van der Waals surface area contributed by atoms with Crippen LogP contribution in [0.1, 0.15) is 32.1 Å². The van der Waals surface area contributed by atoms with Crippen LogP contribution in [0.25, 0.3) is 0 Å². The average Bonchev–Trinajstić information content (AvgIpc) is 2.72. The molecule has 1 aliphatic heterocycles. The zero-order chi connectivity index (χ0) is 8.18. The molecule has 2 heteroatoms. The zero-order valence-electron chi connectivity index (χ0n) is 7.21. The Morgan fingerprint density at radius 1 is 1.33 bits per heavy atom. The summed E-state index contributed by atoms with van der Waals surface area (Å²) in [6, 6.07) is 0. The molecule has 2 aliphatic carbocycles. The van der Waals surface area contributed by atoms with Crippen LogP contribution in [0.15, 0.2) is 0 Å². The van der Waals surface area contributed by atoms with Crippen LogP contribution < -0.4 is 0 Å². The summed E-state index contributed by atoms with van der Waals surface area (Å²) < 4.78 is 5.64. The predicted octanol–water partition coefficient (Wildman–Crippen LogP) is 1.53. The molecule has 1 heterocycles. The second kappa shape index (κ2) is 2.11. The molecular formula is C10H14O2. The van der Waals surface area contributed by atoms with Gasteiger partial charge < -0.3 is 4.74 Å². The lowest BCUT2D eigenvalue weighted by molar-refractivity contribution is -0.163. The van der Waals surface area contributed by atoms with Crippen LogP contribution in [0.3, 0.4) is 0 Å². The van der Waals surface area contributed by atoms with E-state index in [2.05, 4.69) is 0 Å². The molecule has 0 N–H and O–H groups in total. The van der Waals surface area contributed by atoms with Gasteiger partial charge in [0.05, 0.1) is 11.5 Å². The Labute approximate surface area is 72.3 Å². The fourth-order valence-electron chi connectivity index (χ4n) is 3.35. The number of rotatable bonds is 0. The van der Waals surface area contributed by atoms with E-state index in [1.54, 1.807) is 0 Å². The summed E-state index contributed by atoms with van der Waals surface area (Å²) in [6.07, 6.45) is 5.99. The standard InChI is InChI=1S/C10H14O2/c11-8-7-3-6-12-9(7)10(8)4-1-2-5-10/h7,9H,1-6H2/t7-,9-/m0/s1. The maximum atomic E-state index is 11.8. The molecule has 1 spiro atoms. The van der Waals surface area contributed by atoms with Gasteiger partial charge in [0.25, 0.3) is 0 Å². The van der Waals surface area contributed by atoms with E-state index in [1.807, 2.05) is 0 Å². The van der Waals surface area contributed by atoms with E-state index in [1.165, 1.54) is 12.8 Å². The van der Waals surface area contributed by atoms with Crippen molar-refractivity contribution >= 4 is 5.78 Å². The van der Waals surface area contributed by atoms with E-state index in [9.17, 15) is 4.79 Å². The molecule has 0 aromatic heterocycles. The van der Waals surface area contributed by atoms with Crippen LogP contribution in [0.4, 0.5) is 0 Å². The van der Waals surface area contributed by atoms with Crippen molar-refractivity contribution in [1.29, 1.82) is 0 Å². The van der Waals surface area contributed by atoms with E-state index >= 15 is 0 Å². The van der Waals surface area contributed by atoms with Gasteiger partial charge in [0, 0.05) is 12.5 Å². The summed E-state index contributed by atoms with van der Waals surface area (Å²) in [5, 5.41) is 0. The molecular weight excluding hydrogens is 152 g/mol. The van der Waals surface area contributed by atoms with Crippen molar-refractivity contribution in [2.24, 2.45) is 11.3 Å². The first-order valence-corrected chi connectivity index (χ1v) is 5.00. The highest BCUT2D eigenvalue weighted by atomic mass is 16.5. The van der Waals surface area contributed by atoms with Crippen molar-refractivity contribution in [1.82, 2.24) is 0 Å². The van der Waals surface area contributed by atoms with Crippen LogP contribution in [0.2, 0.25) is 0 Å². The van der Waals surface area contributed by atoms with Gasteiger partial charge in [-0.1, -0.05) is 12.8 Å². The fraction of sp³-hybridized carbons (Fsp3) is 0.900. The summed E-state index contributed by atoms with van der Waals surface area (Å²) in [5.74, 6) is 0.825. The second-order valence-electron chi connectivity index (χ2n) is 4.41. The highest BCUT2D eigenvalue weighted by Crippen LogP contribution is 2.57. The maximum absolute atomic E-state index is 11.8. The van der Waals surface area contributed by atoms with E-state index < -0.39 is 0 Å². The number of Topliss-reactive ketones (excluding diaryl/α,β-unsaturated/α-hetero) is 1. The average molecular weight is 166 g/mol. The van der Waals surface area contributed by atoms with E-state index in [0.717, 1.165) is 25.9 Å². The summed E-state index contributed by atoms with van der Waals surface area (Å²) in [5.41, 5.74) is 0.0150. The van der Waals surface area contributed by atoms with Crippen molar-refractivity contribution in [2.75, 3.05) is 6.61 Å². The van der Waals surface area contributed by atoms with Gasteiger partial charge in [-0.2, -0.15) is 0 Å². The maximum Gasteiger partial charge on any atom is 0.147 e. The molecule has 0 radical (unpaired) electrons. The first kappa shape index (κ1) is 7.07. The SMILES string of the molecule is O=C1[C@@H]2CCO[C@@H]2C12CCCC2. The van der Waals surface area contributed by atoms with Crippen molar-refractivity contribution in [2.45, 2.75) is 38.2 Å². The van der Waals surface area contributed by atoms with E-state index in [-0.39, 0.29) is 5.41 Å². The van der Waals surface area contributed by atoms with Crippen molar-refractivity contribution in [3.05, 3.63) is 0 Å². The minimum atomic E-state index is 0.0150. The van der Waals surface area contributed by atoms with E-state index in [0.29, 0.717) is 17.8 Å². The third kappa shape index (κ3) is 0.598. The normalized spacial score (nSPS) is 43.2. The molecule has 2 atom stereocenters. The van der Waals surface area contributed by atoms with Gasteiger partial charge in [0.1, 0.15) is 5.78 Å². The molecule has 2 nitrogen and oxygen atoms in total. The van der Waals surface area contributed by atoms with Crippen LogP contribution in [0.5, 0.6) is 0 Å². The number of fused-ring (bicyclic) bond motifs is 2. The zero-order valence-corrected chi connectivity index (χ0v) is 7.21. The number of carbonyl (C=O) groups excluding carboxylic acids is 1. The largest absolute Gasteiger partial charge is 0.376 e. The molecule has 0 unspecified atom stereocenters. The highest BCUT2D eigenvalue weighted by molar-refractivity contribution is 5.95. The highest BCUT2D eigenvalue weighted by Gasteiger charge is 2.64. The molecule has 12 heavy (non-hydrogen) atoms. The van der Waals surface area contributed by atoms with E-state index in [4.69, 9.17) is 4.74 Å². The molecule has 2 saturated carbocycles. The third-order valence-corrected chi connectivity index (χ3v) is 3.96. The molecule has 66 valence electrons. The second-order valence-corrected chi connectivity index (χ2v) is 4.41. The molecule has 1 saturated heterocycles. The number of ketones is 1. The molecule has 3 aliphatic rings. The number of carbonyl (C=O) groups is 1. The van der Waals surface area contributed by atoms with Gasteiger partial charge in [-0.15, -0.1) is 0 Å². The summed E-state index contributed by atoms with van der Waals surface area (Å²) in [4.78, 5) is 11.8. The van der Waals surface area contributed by atoms with Gasteiger partial charge in [-0.25, -0.2) is 0 Å². The number of hydrogen-bond acceptors (Lipinski definition) is 2. The predicted molar refractivity (Wildman–Crippen MR) is 43.8 cm³/mol. The quantitative estimate of drug-likeness (QED) is 0.545. The molecule has 3 rings (SSSR count). The lowest BCUT2D eigenvalue weighted by Crippen LogP contribution is -2.58.